The Hall–Kier alpha value is -2.20. The second-order valence-electron chi connectivity index (χ2n) is 2.19. The third-order valence-corrected chi connectivity index (χ3v) is 1.42. The predicted molar refractivity (Wildman–Crippen MR) is 47.8 cm³/mol. The van der Waals surface area contributed by atoms with Crippen LogP contribution in [0.1, 0.15) is 0 Å². The molecule has 4 N–H and O–H groups in total. The second-order valence-corrected chi connectivity index (χ2v) is 2.19. The summed E-state index contributed by atoms with van der Waals surface area (Å²) in [5, 5.41) is 0. The first-order chi connectivity index (χ1) is 5.69. The first kappa shape index (κ1) is 7.90. The summed E-state index contributed by atoms with van der Waals surface area (Å²) in [7, 11) is 0. The first-order valence-corrected chi connectivity index (χ1v) is 3.13. The molecule has 0 saturated heterocycles. The van der Waals surface area contributed by atoms with Gasteiger partial charge in [0.1, 0.15) is 0 Å². The van der Waals surface area contributed by atoms with Crippen LogP contribution in [0.5, 0.6) is 0 Å². The van der Waals surface area contributed by atoms with E-state index < -0.39 is 0 Å². The molecule has 0 heterocycles. The third kappa shape index (κ3) is 1.14. The van der Waals surface area contributed by atoms with E-state index >= 15 is 0 Å². The molecule has 0 aliphatic heterocycles. The molecule has 0 radical (unpaired) electrons. The molecule has 0 fully saturated rings. The van der Waals surface area contributed by atoms with Crippen LogP contribution < -0.4 is 11.5 Å². The fraction of sp³-hybridized carbons (Fsp3) is 0. The van der Waals surface area contributed by atoms with Crippen molar-refractivity contribution >= 4 is 22.7 Å². The minimum absolute atomic E-state index is 0.247. The van der Waals surface area contributed by atoms with Crippen LogP contribution in [-0.4, -0.2) is 0 Å². The molecule has 58 valence electrons. The summed E-state index contributed by atoms with van der Waals surface area (Å²) < 4.78 is 0. The maximum Gasteiger partial charge on any atom is 0.196 e. The molecule has 0 amide bonds. The van der Waals surface area contributed by atoms with Gasteiger partial charge in [-0.25, -0.2) is 0 Å². The Bertz CT molecular complexity index is 356. The van der Waals surface area contributed by atoms with Crippen molar-refractivity contribution in [2.45, 2.75) is 0 Å². The predicted octanol–water partition coefficient (Wildman–Crippen LogP) is 1.95. The van der Waals surface area contributed by atoms with Crippen LogP contribution in [0.4, 0.5) is 22.7 Å². The van der Waals surface area contributed by atoms with E-state index in [0.29, 0.717) is 11.4 Å². The fourth-order valence-corrected chi connectivity index (χ4v) is 0.788. The van der Waals surface area contributed by atoms with Gasteiger partial charge in [0.2, 0.25) is 0 Å². The van der Waals surface area contributed by atoms with E-state index in [1.807, 2.05) is 0 Å². The molecule has 0 bridgehead atoms. The maximum absolute atomic E-state index is 6.74. The summed E-state index contributed by atoms with van der Waals surface area (Å²) in [5.41, 5.74) is 12.1. The van der Waals surface area contributed by atoms with Gasteiger partial charge in [0.25, 0.3) is 0 Å². The first-order valence-electron chi connectivity index (χ1n) is 3.13. The van der Waals surface area contributed by atoms with Gasteiger partial charge in [-0.05, 0) is 12.1 Å². The molecule has 0 spiro atoms. The Labute approximate surface area is 70.0 Å². The standard InChI is InChI=1S/C8H6N4/c1-11-7-3-5(9)6(10)4-8(7)12-2/h3-4H,9-10H2. The molecule has 0 saturated carbocycles. The number of hydrogen-bond acceptors (Lipinski definition) is 2. The average Bonchev–Trinajstić information content (AvgIpc) is 2.09. The summed E-state index contributed by atoms with van der Waals surface area (Å²) in [6.45, 7) is 13.5. The Morgan fingerprint density at radius 1 is 0.917 bits per heavy atom. The summed E-state index contributed by atoms with van der Waals surface area (Å²) in [6, 6.07) is 2.82. The van der Waals surface area contributed by atoms with Crippen molar-refractivity contribution in [1.82, 2.24) is 0 Å². The number of hydrogen-bond donors (Lipinski definition) is 2. The van der Waals surface area contributed by atoms with E-state index in [-0.39, 0.29) is 11.4 Å². The zero-order chi connectivity index (χ0) is 9.14. The molecular weight excluding hydrogens is 152 g/mol. The van der Waals surface area contributed by atoms with Gasteiger partial charge in [-0.3, -0.25) is 9.69 Å². The molecule has 1 aromatic rings. The number of benzene rings is 1. The lowest BCUT2D eigenvalue weighted by molar-refractivity contribution is 1.67. The highest BCUT2D eigenvalue weighted by atomic mass is 14.8. The Morgan fingerprint density at radius 3 is 1.50 bits per heavy atom. The number of nitrogens with zero attached hydrogens (tertiary/aromatic N) is 2. The van der Waals surface area contributed by atoms with Crippen LogP contribution in [-0.2, 0) is 0 Å². The normalized spacial score (nSPS) is 8.50. The number of nitrogens with two attached hydrogens (primary N) is 2. The minimum Gasteiger partial charge on any atom is -0.398 e. The molecule has 4 heteroatoms. The molecule has 12 heavy (non-hydrogen) atoms. The highest BCUT2D eigenvalue weighted by Crippen LogP contribution is 2.33. The lowest BCUT2D eigenvalue weighted by Crippen LogP contribution is -1.92. The van der Waals surface area contributed by atoms with Crippen molar-refractivity contribution in [3.05, 3.63) is 35.0 Å². The highest BCUT2D eigenvalue weighted by Gasteiger charge is 2.04. The molecular formula is C8H6N4. The van der Waals surface area contributed by atoms with Crippen LogP contribution in [0.25, 0.3) is 9.69 Å². The van der Waals surface area contributed by atoms with Crippen molar-refractivity contribution in [3.63, 3.8) is 0 Å². The van der Waals surface area contributed by atoms with E-state index in [2.05, 4.69) is 9.69 Å². The molecule has 0 aromatic heterocycles. The van der Waals surface area contributed by atoms with E-state index in [0.717, 1.165) is 0 Å². The average molecular weight is 158 g/mol. The summed E-state index contributed by atoms with van der Waals surface area (Å²) >= 11 is 0. The van der Waals surface area contributed by atoms with Crippen molar-refractivity contribution in [1.29, 1.82) is 0 Å². The summed E-state index contributed by atoms with van der Waals surface area (Å²) in [5.74, 6) is 0. The van der Waals surface area contributed by atoms with Gasteiger partial charge < -0.3 is 11.5 Å². The Morgan fingerprint density at radius 2 is 1.25 bits per heavy atom. The van der Waals surface area contributed by atoms with Crippen molar-refractivity contribution in [3.8, 4) is 0 Å². The minimum atomic E-state index is 0.247. The van der Waals surface area contributed by atoms with E-state index in [4.69, 9.17) is 24.6 Å². The topological polar surface area (TPSA) is 60.8 Å². The summed E-state index contributed by atoms with van der Waals surface area (Å²) in [4.78, 5) is 6.29. The van der Waals surface area contributed by atoms with Gasteiger partial charge in [0.05, 0.1) is 13.1 Å². The van der Waals surface area contributed by atoms with Crippen molar-refractivity contribution in [2.75, 3.05) is 11.5 Å². The van der Waals surface area contributed by atoms with Crippen LogP contribution >= 0.6 is 0 Å². The van der Waals surface area contributed by atoms with E-state index in [1.54, 1.807) is 0 Å². The monoisotopic (exact) mass is 158 g/mol. The fourth-order valence-electron chi connectivity index (χ4n) is 0.788. The number of anilines is 2. The van der Waals surface area contributed by atoms with E-state index in [9.17, 15) is 0 Å². The molecule has 1 rings (SSSR count). The van der Waals surface area contributed by atoms with Crippen molar-refractivity contribution < 1.29 is 0 Å². The van der Waals surface area contributed by atoms with E-state index in [1.165, 1.54) is 12.1 Å². The maximum atomic E-state index is 6.74. The van der Waals surface area contributed by atoms with Gasteiger partial charge in [0, 0.05) is 11.4 Å². The van der Waals surface area contributed by atoms with Crippen LogP contribution in [0.2, 0.25) is 0 Å². The van der Waals surface area contributed by atoms with Crippen molar-refractivity contribution in [2.24, 2.45) is 0 Å². The smallest absolute Gasteiger partial charge is 0.196 e. The molecule has 0 unspecified atom stereocenters. The molecule has 0 aliphatic carbocycles. The zero-order valence-corrected chi connectivity index (χ0v) is 6.20. The largest absolute Gasteiger partial charge is 0.398 e. The SMILES string of the molecule is [C-]#[N+]c1cc(N)c(N)cc1[N+]#[C-]. The van der Waals surface area contributed by atoms with Crippen LogP contribution in [0.3, 0.4) is 0 Å². The van der Waals surface area contributed by atoms with Gasteiger partial charge >= 0.3 is 0 Å². The molecule has 0 aliphatic rings. The van der Waals surface area contributed by atoms with Gasteiger partial charge in [-0.1, -0.05) is 0 Å². The quantitative estimate of drug-likeness (QED) is 0.447. The summed E-state index contributed by atoms with van der Waals surface area (Å²) in [6.07, 6.45) is 0. The highest BCUT2D eigenvalue weighted by molar-refractivity contribution is 5.82. The van der Waals surface area contributed by atoms with Crippen LogP contribution in [0.15, 0.2) is 12.1 Å². The zero-order valence-electron chi connectivity index (χ0n) is 6.20. The number of nitrogen functional groups attached to an aromatic ring is 2. The molecule has 0 atom stereocenters. The van der Waals surface area contributed by atoms with Gasteiger partial charge in [-0.2, -0.15) is 0 Å². The second kappa shape index (κ2) is 2.81. The van der Waals surface area contributed by atoms with Crippen LogP contribution in [0, 0.1) is 13.1 Å². The Balaban J connectivity index is 3.44. The van der Waals surface area contributed by atoms with Gasteiger partial charge in [-0.15, -0.1) is 0 Å². The number of rotatable bonds is 0. The lowest BCUT2D eigenvalue weighted by atomic mass is 10.2. The van der Waals surface area contributed by atoms with Gasteiger partial charge in [0.15, 0.2) is 11.4 Å². The third-order valence-electron chi connectivity index (χ3n) is 1.42. The molecule has 1 aromatic carbocycles. The molecule has 4 nitrogen and oxygen atoms in total. The lowest BCUT2D eigenvalue weighted by Gasteiger charge is -2.01. The Kier molecular flexibility index (Phi) is 1.85.